The normalized spacial score (nSPS) is 23.1. The average molecular weight is 155 g/mol. The topological polar surface area (TPSA) is 62.3 Å². The molecule has 4 nitrogen and oxygen atoms in total. The highest BCUT2D eigenvalue weighted by Gasteiger charge is 2.35. The predicted octanol–water partition coefficient (Wildman–Crippen LogP) is -0.135. The zero-order valence-electron chi connectivity index (χ0n) is 6.71. The maximum atomic E-state index is 8.88. The van der Waals surface area contributed by atoms with Gasteiger partial charge in [-0.05, 0) is 0 Å². The molecule has 0 unspecified atom stereocenters. The largest absolute Gasteiger partial charge is 0.381 e. The van der Waals surface area contributed by atoms with Crippen molar-refractivity contribution in [2.24, 2.45) is 5.84 Å². The monoisotopic (exact) mass is 155 g/mol. The average Bonchev–Trinajstić information content (AvgIpc) is 2.05. The molecule has 2 N–H and O–H groups in total. The number of ether oxygens (including phenoxy) is 1. The van der Waals surface area contributed by atoms with Gasteiger partial charge in [0, 0.05) is 33.1 Å². The Morgan fingerprint density at radius 1 is 1.55 bits per heavy atom. The van der Waals surface area contributed by atoms with E-state index in [0.29, 0.717) is 26.1 Å². The molecular formula is C7H13N3O. The molecule has 1 heterocycles. The number of hydrogen-bond donors (Lipinski definition) is 1. The first kappa shape index (κ1) is 8.47. The van der Waals surface area contributed by atoms with Gasteiger partial charge in [-0.2, -0.15) is 5.26 Å². The van der Waals surface area contributed by atoms with E-state index in [1.807, 2.05) is 0 Å². The predicted molar refractivity (Wildman–Crippen MR) is 40.3 cm³/mol. The second-order valence-electron chi connectivity index (χ2n) is 2.87. The SMILES string of the molecule is CN(N)C1(C#N)CCOCC1. The third-order valence-electron chi connectivity index (χ3n) is 2.20. The summed E-state index contributed by atoms with van der Waals surface area (Å²) in [6.07, 6.45) is 1.41. The lowest BCUT2D eigenvalue weighted by Crippen LogP contribution is -2.52. The number of hydrogen-bond acceptors (Lipinski definition) is 4. The van der Waals surface area contributed by atoms with Crippen LogP contribution in [0.2, 0.25) is 0 Å². The van der Waals surface area contributed by atoms with E-state index in [4.69, 9.17) is 15.8 Å². The Balaban J connectivity index is 2.67. The second kappa shape index (κ2) is 3.18. The molecule has 0 spiro atoms. The van der Waals surface area contributed by atoms with Crippen molar-refractivity contribution in [2.75, 3.05) is 20.3 Å². The van der Waals surface area contributed by atoms with Crippen LogP contribution in [-0.4, -0.2) is 30.8 Å². The van der Waals surface area contributed by atoms with Gasteiger partial charge in [0.2, 0.25) is 0 Å². The van der Waals surface area contributed by atoms with Crippen molar-refractivity contribution >= 4 is 0 Å². The molecule has 4 heteroatoms. The minimum Gasteiger partial charge on any atom is -0.381 e. The number of nitriles is 1. The summed E-state index contributed by atoms with van der Waals surface area (Å²) in [4.78, 5) is 0. The summed E-state index contributed by atoms with van der Waals surface area (Å²) in [7, 11) is 1.73. The lowest BCUT2D eigenvalue weighted by molar-refractivity contribution is 0.0109. The summed E-state index contributed by atoms with van der Waals surface area (Å²) in [5.74, 6) is 5.57. The van der Waals surface area contributed by atoms with Gasteiger partial charge in [0.05, 0.1) is 6.07 Å². The molecular weight excluding hydrogens is 142 g/mol. The Labute approximate surface area is 66.5 Å². The van der Waals surface area contributed by atoms with E-state index < -0.39 is 5.54 Å². The van der Waals surface area contributed by atoms with Crippen molar-refractivity contribution < 1.29 is 4.74 Å². The zero-order chi connectivity index (χ0) is 8.32. The van der Waals surface area contributed by atoms with Crippen molar-refractivity contribution in [3.8, 4) is 6.07 Å². The molecule has 0 aromatic heterocycles. The lowest BCUT2D eigenvalue weighted by Gasteiger charge is -2.35. The van der Waals surface area contributed by atoms with Crippen molar-refractivity contribution in [1.82, 2.24) is 5.01 Å². The Bertz CT molecular complexity index is 167. The third kappa shape index (κ3) is 1.51. The molecule has 0 radical (unpaired) electrons. The molecule has 11 heavy (non-hydrogen) atoms. The first-order chi connectivity index (χ1) is 5.21. The van der Waals surface area contributed by atoms with E-state index in [9.17, 15) is 0 Å². The lowest BCUT2D eigenvalue weighted by atomic mass is 9.91. The van der Waals surface area contributed by atoms with E-state index in [-0.39, 0.29) is 0 Å². The molecule has 62 valence electrons. The fraction of sp³-hybridized carbons (Fsp3) is 0.857. The number of hydrazine groups is 1. The highest BCUT2D eigenvalue weighted by Crippen LogP contribution is 2.23. The molecule has 0 saturated carbocycles. The van der Waals surface area contributed by atoms with E-state index >= 15 is 0 Å². The highest BCUT2D eigenvalue weighted by molar-refractivity contribution is 5.07. The van der Waals surface area contributed by atoms with Crippen LogP contribution in [0.3, 0.4) is 0 Å². The maximum absolute atomic E-state index is 8.88. The van der Waals surface area contributed by atoms with Gasteiger partial charge in [0.25, 0.3) is 0 Å². The number of rotatable bonds is 1. The number of nitrogens with two attached hydrogens (primary N) is 1. The van der Waals surface area contributed by atoms with Gasteiger partial charge in [-0.15, -0.1) is 0 Å². The Hall–Kier alpha value is -0.630. The van der Waals surface area contributed by atoms with Gasteiger partial charge < -0.3 is 4.74 Å². The Morgan fingerprint density at radius 3 is 2.36 bits per heavy atom. The highest BCUT2D eigenvalue weighted by atomic mass is 16.5. The summed E-state index contributed by atoms with van der Waals surface area (Å²) in [5.41, 5.74) is -0.488. The minimum absolute atomic E-state index is 0.488. The molecule has 1 rings (SSSR count). The zero-order valence-corrected chi connectivity index (χ0v) is 6.71. The van der Waals surface area contributed by atoms with Crippen LogP contribution in [0.25, 0.3) is 0 Å². The molecule has 0 aliphatic carbocycles. The van der Waals surface area contributed by atoms with Gasteiger partial charge in [-0.1, -0.05) is 0 Å². The van der Waals surface area contributed by atoms with Crippen LogP contribution in [-0.2, 0) is 4.74 Å². The molecule has 0 amide bonds. The molecule has 1 fully saturated rings. The van der Waals surface area contributed by atoms with Gasteiger partial charge >= 0.3 is 0 Å². The van der Waals surface area contributed by atoms with Gasteiger partial charge in [-0.25, -0.2) is 5.01 Å². The smallest absolute Gasteiger partial charge is 0.125 e. The maximum Gasteiger partial charge on any atom is 0.125 e. The van der Waals surface area contributed by atoms with E-state index in [1.165, 1.54) is 5.01 Å². The van der Waals surface area contributed by atoms with Crippen LogP contribution in [0, 0.1) is 11.3 Å². The summed E-state index contributed by atoms with van der Waals surface area (Å²) in [6, 6.07) is 2.24. The van der Waals surface area contributed by atoms with Crippen LogP contribution in [0.4, 0.5) is 0 Å². The van der Waals surface area contributed by atoms with Crippen LogP contribution in [0.15, 0.2) is 0 Å². The van der Waals surface area contributed by atoms with Crippen molar-refractivity contribution in [3.05, 3.63) is 0 Å². The fourth-order valence-corrected chi connectivity index (χ4v) is 1.25. The quantitative estimate of drug-likeness (QED) is 0.423. The second-order valence-corrected chi connectivity index (χ2v) is 2.87. The Morgan fingerprint density at radius 2 is 2.09 bits per heavy atom. The van der Waals surface area contributed by atoms with Crippen LogP contribution in [0.1, 0.15) is 12.8 Å². The van der Waals surface area contributed by atoms with Gasteiger partial charge in [0.1, 0.15) is 5.54 Å². The third-order valence-corrected chi connectivity index (χ3v) is 2.20. The van der Waals surface area contributed by atoms with Crippen LogP contribution >= 0.6 is 0 Å². The molecule has 0 aromatic carbocycles. The van der Waals surface area contributed by atoms with E-state index in [0.717, 1.165) is 0 Å². The number of nitrogens with zero attached hydrogens (tertiary/aromatic N) is 2. The standard InChI is InChI=1S/C7H13N3O/c1-10(9)7(6-8)2-4-11-5-3-7/h2-5,9H2,1H3. The van der Waals surface area contributed by atoms with Crippen molar-refractivity contribution in [2.45, 2.75) is 18.4 Å². The Kier molecular flexibility index (Phi) is 2.45. The molecule has 1 aliphatic rings. The minimum atomic E-state index is -0.488. The van der Waals surface area contributed by atoms with Crippen molar-refractivity contribution in [3.63, 3.8) is 0 Å². The summed E-state index contributed by atoms with van der Waals surface area (Å²) in [5, 5.41) is 10.4. The van der Waals surface area contributed by atoms with Crippen molar-refractivity contribution in [1.29, 1.82) is 5.26 Å². The summed E-state index contributed by atoms with van der Waals surface area (Å²) < 4.78 is 5.14. The van der Waals surface area contributed by atoms with Gasteiger partial charge in [-0.3, -0.25) is 5.84 Å². The van der Waals surface area contributed by atoms with Crippen LogP contribution in [0.5, 0.6) is 0 Å². The van der Waals surface area contributed by atoms with Crippen LogP contribution < -0.4 is 5.84 Å². The molecule has 0 bridgehead atoms. The molecule has 1 aliphatic heterocycles. The molecule has 1 saturated heterocycles. The summed E-state index contributed by atoms with van der Waals surface area (Å²) in [6.45, 7) is 1.27. The first-order valence-electron chi connectivity index (χ1n) is 3.69. The van der Waals surface area contributed by atoms with E-state index in [2.05, 4.69) is 6.07 Å². The summed E-state index contributed by atoms with van der Waals surface area (Å²) >= 11 is 0. The van der Waals surface area contributed by atoms with Gasteiger partial charge in [0.15, 0.2) is 0 Å². The fourth-order valence-electron chi connectivity index (χ4n) is 1.25. The molecule has 0 atom stereocenters. The molecule has 0 aromatic rings. The first-order valence-corrected chi connectivity index (χ1v) is 3.69. The van der Waals surface area contributed by atoms with E-state index in [1.54, 1.807) is 7.05 Å².